The second-order valence-electron chi connectivity index (χ2n) is 4.79. The lowest BCUT2D eigenvalue weighted by molar-refractivity contribution is -0.138. The number of hydrogen-bond donors (Lipinski definition) is 2. The van der Waals surface area contributed by atoms with E-state index >= 15 is 0 Å². The van der Waals surface area contributed by atoms with Crippen LogP contribution in [0.4, 0.5) is 4.79 Å². The van der Waals surface area contributed by atoms with Gasteiger partial charge < -0.3 is 15.4 Å². The third-order valence-corrected chi connectivity index (χ3v) is 3.77. The Bertz CT molecular complexity index is 540. The molecule has 1 aromatic rings. The molecule has 0 atom stereocenters. The largest absolute Gasteiger partial charge is 0.463 e. The van der Waals surface area contributed by atoms with Crippen molar-refractivity contribution in [3.05, 3.63) is 33.7 Å². The molecule has 2 N–H and O–H groups in total. The summed E-state index contributed by atoms with van der Waals surface area (Å²) >= 11 is 1.65. The highest BCUT2D eigenvalue weighted by Crippen LogP contribution is 2.12. The molecule has 0 fully saturated rings. The number of nitrogens with zero attached hydrogens (tertiary/aromatic N) is 1. The van der Waals surface area contributed by atoms with Crippen LogP contribution in [0.15, 0.2) is 28.1 Å². The molecule has 7 heteroatoms. The minimum atomic E-state index is -0.385. The number of nitrogens with one attached hydrogen (secondary N) is 2. The van der Waals surface area contributed by atoms with E-state index in [9.17, 15) is 9.59 Å². The molecule has 2 heterocycles. The van der Waals surface area contributed by atoms with Gasteiger partial charge in [-0.15, -0.1) is 0 Å². The molecule has 114 valence electrons. The van der Waals surface area contributed by atoms with Gasteiger partial charge in [-0.3, -0.25) is 4.90 Å². The summed E-state index contributed by atoms with van der Waals surface area (Å²) < 4.78 is 5.03. The maximum atomic E-state index is 11.9. The fraction of sp³-hybridized carbons (Fsp3) is 0.429. The Morgan fingerprint density at radius 1 is 1.48 bits per heavy atom. The number of amides is 2. The van der Waals surface area contributed by atoms with Gasteiger partial charge in [0.05, 0.1) is 18.7 Å². The van der Waals surface area contributed by atoms with Gasteiger partial charge in [0.2, 0.25) is 0 Å². The molecule has 6 nitrogen and oxygen atoms in total. The van der Waals surface area contributed by atoms with Crippen molar-refractivity contribution in [3.63, 3.8) is 0 Å². The topological polar surface area (TPSA) is 70.7 Å². The van der Waals surface area contributed by atoms with Crippen molar-refractivity contribution in [1.29, 1.82) is 0 Å². The van der Waals surface area contributed by atoms with E-state index < -0.39 is 0 Å². The van der Waals surface area contributed by atoms with Gasteiger partial charge in [-0.2, -0.15) is 11.3 Å². The highest BCUT2D eigenvalue weighted by atomic mass is 32.1. The van der Waals surface area contributed by atoms with Gasteiger partial charge in [0, 0.05) is 18.8 Å². The number of carbonyl (C=O) groups excluding carboxylic acids is 2. The predicted octanol–water partition coefficient (Wildman–Crippen LogP) is 1.31. The lowest BCUT2D eigenvalue weighted by Crippen LogP contribution is -2.46. The molecule has 1 aliphatic rings. The first-order valence-electron chi connectivity index (χ1n) is 6.73. The van der Waals surface area contributed by atoms with Crippen LogP contribution < -0.4 is 10.6 Å². The van der Waals surface area contributed by atoms with Crippen molar-refractivity contribution in [3.8, 4) is 0 Å². The molecule has 1 aromatic heterocycles. The first kappa shape index (κ1) is 15.5. The molecule has 0 unspecified atom stereocenters. The molecule has 0 radical (unpaired) electrons. The second kappa shape index (κ2) is 7.24. The number of thiophene rings is 1. The summed E-state index contributed by atoms with van der Waals surface area (Å²) in [5, 5.41) is 9.41. The van der Waals surface area contributed by atoms with Gasteiger partial charge in [0.1, 0.15) is 0 Å². The van der Waals surface area contributed by atoms with E-state index in [-0.39, 0.29) is 18.5 Å². The van der Waals surface area contributed by atoms with Gasteiger partial charge in [0.15, 0.2) is 0 Å². The van der Waals surface area contributed by atoms with E-state index in [4.69, 9.17) is 4.74 Å². The Hall–Kier alpha value is -1.86. The third kappa shape index (κ3) is 4.30. The summed E-state index contributed by atoms with van der Waals surface area (Å²) in [7, 11) is 1.95. The SMILES string of the molecule is CCOC(=O)C1=C(CN(C)Cc2ccsc2)NC(=O)NC1. The van der Waals surface area contributed by atoms with Gasteiger partial charge in [0.25, 0.3) is 0 Å². The summed E-state index contributed by atoms with van der Waals surface area (Å²) in [4.78, 5) is 25.4. The quantitative estimate of drug-likeness (QED) is 0.777. The normalized spacial score (nSPS) is 14.9. The van der Waals surface area contributed by atoms with Crippen LogP contribution in [0, 0.1) is 0 Å². The van der Waals surface area contributed by atoms with Crippen LogP contribution in [0.1, 0.15) is 12.5 Å². The zero-order chi connectivity index (χ0) is 15.2. The summed E-state index contributed by atoms with van der Waals surface area (Å²) in [6.07, 6.45) is 0. The standard InChI is InChI=1S/C14H19N3O3S/c1-3-20-13(18)11-6-15-14(19)16-12(11)8-17(2)7-10-4-5-21-9-10/h4-5,9H,3,6-8H2,1-2H3,(H2,15,16,19). The number of carbonyl (C=O) groups is 2. The highest BCUT2D eigenvalue weighted by molar-refractivity contribution is 7.07. The molecular formula is C14H19N3O3S. The summed E-state index contributed by atoms with van der Waals surface area (Å²) in [6, 6.07) is 1.77. The summed E-state index contributed by atoms with van der Waals surface area (Å²) in [5.41, 5.74) is 2.30. The Labute approximate surface area is 127 Å². The average Bonchev–Trinajstić information content (AvgIpc) is 2.91. The van der Waals surface area contributed by atoms with Crippen molar-refractivity contribution in [1.82, 2.24) is 15.5 Å². The molecule has 0 aromatic carbocycles. The summed E-state index contributed by atoms with van der Waals surface area (Å²) in [6.45, 7) is 3.51. The van der Waals surface area contributed by atoms with Crippen LogP contribution in [0.25, 0.3) is 0 Å². The fourth-order valence-electron chi connectivity index (χ4n) is 2.10. The number of esters is 1. The molecule has 0 spiro atoms. The van der Waals surface area contributed by atoms with E-state index in [2.05, 4.69) is 22.1 Å². The average molecular weight is 309 g/mol. The van der Waals surface area contributed by atoms with E-state index in [1.807, 2.05) is 17.3 Å². The first-order valence-corrected chi connectivity index (χ1v) is 7.68. The molecule has 0 bridgehead atoms. The smallest absolute Gasteiger partial charge is 0.337 e. The maximum Gasteiger partial charge on any atom is 0.337 e. The van der Waals surface area contributed by atoms with Gasteiger partial charge in [-0.1, -0.05) is 0 Å². The van der Waals surface area contributed by atoms with Gasteiger partial charge in [-0.25, -0.2) is 9.59 Å². The monoisotopic (exact) mass is 309 g/mol. The van der Waals surface area contributed by atoms with Crippen LogP contribution in [0.2, 0.25) is 0 Å². The van der Waals surface area contributed by atoms with Crippen LogP contribution in [-0.4, -0.2) is 43.6 Å². The summed E-state index contributed by atoms with van der Waals surface area (Å²) in [5.74, 6) is -0.385. The van der Waals surface area contributed by atoms with Gasteiger partial charge in [-0.05, 0) is 36.4 Å². The minimum Gasteiger partial charge on any atom is -0.463 e. The number of ether oxygens (including phenoxy) is 1. The van der Waals surface area contributed by atoms with Crippen molar-refractivity contribution < 1.29 is 14.3 Å². The molecule has 2 amide bonds. The van der Waals surface area contributed by atoms with Gasteiger partial charge >= 0.3 is 12.0 Å². The molecule has 21 heavy (non-hydrogen) atoms. The van der Waals surface area contributed by atoms with E-state index in [1.54, 1.807) is 18.3 Å². The van der Waals surface area contributed by atoms with E-state index in [1.165, 1.54) is 5.56 Å². The van der Waals surface area contributed by atoms with Crippen molar-refractivity contribution >= 4 is 23.3 Å². The molecule has 0 aliphatic carbocycles. The highest BCUT2D eigenvalue weighted by Gasteiger charge is 2.24. The first-order chi connectivity index (χ1) is 10.1. The maximum absolute atomic E-state index is 11.9. The Morgan fingerprint density at radius 3 is 2.95 bits per heavy atom. The van der Waals surface area contributed by atoms with Crippen LogP contribution in [0.3, 0.4) is 0 Å². The molecule has 1 aliphatic heterocycles. The zero-order valence-electron chi connectivity index (χ0n) is 12.1. The third-order valence-electron chi connectivity index (χ3n) is 3.04. The lowest BCUT2D eigenvalue weighted by Gasteiger charge is -2.25. The van der Waals surface area contributed by atoms with Crippen molar-refractivity contribution in [2.75, 3.05) is 26.7 Å². The molecule has 2 rings (SSSR count). The predicted molar refractivity (Wildman–Crippen MR) is 80.8 cm³/mol. The fourth-order valence-corrected chi connectivity index (χ4v) is 2.76. The molecule has 0 saturated carbocycles. The zero-order valence-corrected chi connectivity index (χ0v) is 13.0. The van der Waals surface area contributed by atoms with Crippen molar-refractivity contribution in [2.24, 2.45) is 0 Å². The Kier molecular flexibility index (Phi) is 5.35. The molecule has 0 saturated heterocycles. The van der Waals surface area contributed by atoms with Crippen molar-refractivity contribution in [2.45, 2.75) is 13.5 Å². The number of rotatable bonds is 6. The number of urea groups is 1. The number of hydrogen-bond acceptors (Lipinski definition) is 5. The second-order valence-corrected chi connectivity index (χ2v) is 5.57. The Balaban J connectivity index is 2.07. The van der Waals surface area contributed by atoms with Crippen LogP contribution in [-0.2, 0) is 16.1 Å². The van der Waals surface area contributed by atoms with E-state index in [0.717, 1.165) is 6.54 Å². The molecular weight excluding hydrogens is 290 g/mol. The van der Waals surface area contributed by atoms with Crippen LogP contribution >= 0.6 is 11.3 Å². The van der Waals surface area contributed by atoms with E-state index in [0.29, 0.717) is 24.4 Å². The van der Waals surface area contributed by atoms with Crippen LogP contribution in [0.5, 0.6) is 0 Å². The Morgan fingerprint density at radius 2 is 2.29 bits per heavy atom. The minimum absolute atomic E-state index is 0.201. The lowest BCUT2D eigenvalue weighted by atomic mass is 10.1. The number of likely N-dealkylation sites (N-methyl/N-ethyl adjacent to an activating group) is 1.